The van der Waals surface area contributed by atoms with Crippen LogP contribution in [0, 0.1) is 0 Å². The molecule has 1 aromatic heterocycles. The minimum Gasteiger partial charge on any atom is -0.454 e. The zero-order valence-corrected chi connectivity index (χ0v) is 14.6. The van der Waals surface area contributed by atoms with Gasteiger partial charge in [0.15, 0.2) is 11.5 Å². The summed E-state index contributed by atoms with van der Waals surface area (Å²) in [5.41, 5.74) is 2.24. The van der Waals surface area contributed by atoms with Crippen LogP contribution in [0.2, 0.25) is 0 Å². The molecule has 2 aliphatic rings. The third-order valence-electron chi connectivity index (χ3n) is 4.01. The fraction of sp³-hybridized carbons (Fsp3) is 0.438. The highest BCUT2D eigenvalue weighted by Crippen LogP contribution is 2.36. The van der Waals surface area contributed by atoms with Crippen LogP contribution >= 0.6 is 23.7 Å². The van der Waals surface area contributed by atoms with Gasteiger partial charge >= 0.3 is 0 Å². The van der Waals surface area contributed by atoms with E-state index in [4.69, 9.17) is 14.5 Å². The molecule has 0 unspecified atom stereocenters. The zero-order valence-electron chi connectivity index (χ0n) is 12.9. The maximum absolute atomic E-state index is 5.44. The lowest BCUT2D eigenvalue weighted by Gasteiger charge is -2.31. The molecule has 0 saturated carbocycles. The third-order valence-corrected chi connectivity index (χ3v) is 4.95. The van der Waals surface area contributed by atoms with E-state index in [1.807, 2.05) is 18.2 Å². The first kappa shape index (κ1) is 16.5. The van der Waals surface area contributed by atoms with Gasteiger partial charge in [-0.25, -0.2) is 4.98 Å². The van der Waals surface area contributed by atoms with Crippen molar-refractivity contribution in [1.29, 1.82) is 0 Å². The molecule has 1 aromatic carbocycles. The van der Waals surface area contributed by atoms with E-state index in [1.54, 1.807) is 11.3 Å². The quantitative estimate of drug-likeness (QED) is 0.919. The number of piperazine rings is 1. The molecule has 0 amide bonds. The lowest BCUT2D eigenvalue weighted by Crippen LogP contribution is -2.48. The Balaban J connectivity index is 0.00000156. The van der Waals surface area contributed by atoms with Crippen LogP contribution in [0.4, 0.5) is 0 Å². The van der Waals surface area contributed by atoms with Crippen molar-refractivity contribution < 1.29 is 9.47 Å². The Labute approximate surface area is 146 Å². The van der Waals surface area contributed by atoms with Gasteiger partial charge in [0.2, 0.25) is 6.79 Å². The molecule has 0 radical (unpaired) electrons. The summed E-state index contributed by atoms with van der Waals surface area (Å²) in [7, 11) is 0. The van der Waals surface area contributed by atoms with Gasteiger partial charge in [-0.3, -0.25) is 4.90 Å². The maximum atomic E-state index is 5.44. The number of nitrogens with one attached hydrogen (secondary N) is 1. The number of ether oxygens (including phenoxy) is 2. The largest absolute Gasteiger partial charge is 0.454 e. The van der Waals surface area contributed by atoms with Crippen LogP contribution in [0.15, 0.2) is 23.6 Å². The summed E-state index contributed by atoms with van der Waals surface area (Å²) in [4.78, 5) is 7.24. The molecule has 1 N–H and O–H groups in total. The highest BCUT2D eigenvalue weighted by atomic mass is 35.5. The second-order valence-corrected chi connectivity index (χ2v) is 6.66. The molecule has 7 heteroatoms. The van der Waals surface area contributed by atoms with E-state index in [0.717, 1.165) is 53.9 Å². The van der Waals surface area contributed by atoms with Crippen LogP contribution in [-0.2, 0) is 6.54 Å². The average Bonchev–Trinajstić information content (AvgIpc) is 3.15. The topological polar surface area (TPSA) is 46.6 Å². The lowest BCUT2D eigenvalue weighted by molar-refractivity contribution is 0.174. The Morgan fingerprint density at radius 3 is 3.09 bits per heavy atom. The second kappa shape index (κ2) is 7.05. The molecular formula is C16H20ClN3O2S. The molecular weight excluding hydrogens is 334 g/mol. The summed E-state index contributed by atoms with van der Waals surface area (Å²) in [6.45, 7) is 6.68. The molecule has 124 valence electrons. The highest BCUT2D eigenvalue weighted by Gasteiger charge is 2.18. The van der Waals surface area contributed by atoms with Gasteiger partial charge < -0.3 is 14.8 Å². The van der Waals surface area contributed by atoms with E-state index in [2.05, 4.69) is 22.5 Å². The molecule has 0 aliphatic carbocycles. The van der Waals surface area contributed by atoms with Crippen LogP contribution in [0.25, 0.3) is 10.6 Å². The third kappa shape index (κ3) is 3.61. The zero-order chi connectivity index (χ0) is 14.9. The molecule has 0 spiro atoms. The Morgan fingerprint density at radius 1 is 1.35 bits per heavy atom. The van der Waals surface area contributed by atoms with Crippen LogP contribution in [0.5, 0.6) is 11.5 Å². The molecule has 1 atom stereocenters. The maximum Gasteiger partial charge on any atom is 0.231 e. The van der Waals surface area contributed by atoms with Gasteiger partial charge in [-0.2, -0.15) is 0 Å². The summed E-state index contributed by atoms with van der Waals surface area (Å²) in [6, 6.07) is 6.57. The molecule has 23 heavy (non-hydrogen) atoms. The number of hydrogen-bond acceptors (Lipinski definition) is 6. The van der Waals surface area contributed by atoms with E-state index in [0.29, 0.717) is 12.8 Å². The van der Waals surface area contributed by atoms with E-state index in [-0.39, 0.29) is 12.4 Å². The fourth-order valence-corrected chi connectivity index (χ4v) is 3.73. The Hall–Kier alpha value is -1.34. The second-order valence-electron chi connectivity index (χ2n) is 5.80. The van der Waals surface area contributed by atoms with E-state index in [1.165, 1.54) is 0 Å². The fourth-order valence-electron chi connectivity index (χ4n) is 2.93. The summed E-state index contributed by atoms with van der Waals surface area (Å²) < 4.78 is 10.8. The summed E-state index contributed by atoms with van der Waals surface area (Å²) in [5.74, 6) is 1.63. The minimum absolute atomic E-state index is 0. The number of hydrogen-bond donors (Lipinski definition) is 1. The van der Waals surface area contributed by atoms with Crippen molar-refractivity contribution in [1.82, 2.24) is 15.2 Å². The van der Waals surface area contributed by atoms with Crippen molar-refractivity contribution >= 4 is 23.7 Å². The van der Waals surface area contributed by atoms with Crippen molar-refractivity contribution in [3.63, 3.8) is 0 Å². The predicted octanol–water partition coefficient (Wildman–Crippen LogP) is 2.75. The number of fused-ring (bicyclic) bond motifs is 1. The number of nitrogens with zero attached hydrogens (tertiary/aromatic N) is 2. The number of aromatic nitrogens is 1. The van der Waals surface area contributed by atoms with Gasteiger partial charge in [-0.05, 0) is 25.1 Å². The standard InChI is InChI=1S/C16H19N3O2S.ClH/c1-11-7-19(5-4-17-11)8-13-9-22-16(18-13)12-2-3-14-15(6-12)21-10-20-14;/h2-3,6,9,11,17H,4-5,7-8,10H2,1H3;1H/t11-;/m1./s1. The minimum atomic E-state index is 0. The molecule has 2 aliphatic heterocycles. The van der Waals surface area contributed by atoms with Gasteiger partial charge in [0.25, 0.3) is 0 Å². The monoisotopic (exact) mass is 353 g/mol. The predicted molar refractivity (Wildman–Crippen MR) is 93.7 cm³/mol. The van der Waals surface area contributed by atoms with E-state index >= 15 is 0 Å². The van der Waals surface area contributed by atoms with E-state index < -0.39 is 0 Å². The average molecular weight is 354 g/mol. The molecule has 3 heterocycles. The molecule has 2 aromatic rings. The SMILES string of the molecule is C[C@@H]1CN(Cc2csc(-c3ccc4c(c3)OCO4)n2)CCN1.Cl. The molecule has 1 saturated heterocycles. The first-order valence-electron chi connectivity index (χ1n) is 7.58. The van der Waals surface area contributed by atoms with Gasteiger partial charge in [-0.1, -0.05) is 0 Å². The first-order chi connectivity index (χ1) is 10.8. The Kier molecular flexibility index (Phi) is 5.06. The molecule has 0 bridgehead atoms. The van der Waals surface area contributed by atoms with Gasteiger partial charge in [0, 0.05) is 43.2 Å². The molecule has 4 rings (SSSR count). The van der Waals surface area contributed by atoms with Crippen molar-refractivity contribution in [2.75, 3.05) is 26.4 Å². The number of halogens is 1. The number of benzene rings is 1. The Bertz CT molecular complexity index is 679. The molecule has 5 nitrogen and oxygen atoms in total. The number of thiazole rings is 1. The normalized spacial score (nSPS) is 20.3. The van der Waals surface area contributed by atoms with Crippen LogP contribution in [0.3, 0.4) is 0 Å². The smallest absolute Gasteiger partial charge is 0.231 e. The van der Waals surface area contributed by atoms with Gasteiger partial charge in [0.05, 0.1) is 5.69 Å². The van der Waals surface area contributed by atoms with Crippen LogP contribution in [-0.4, -0.2) is 42.4 Å². The van der Waals surface area contributed by atoms with Crippen molar-refractivity contribution in [3.05, 3.63) is 29.3 Å². The van der Waals surface area contributed by atoms with E-state index in [9.17, 15) is 0 Å². The van der Waals surface area contributed by atoms with Crippen molar-refractivity contribution in [3.8, 4) is 22.1 Å². The highest BCUT2D eigenvalue weighted by molar-refractivity contribution is 7.13. The summed E-state index contributed by atoms with van der Waals surface area (Å²) in [6.07, 6.45) is 0. The Morgan fingerprint density at radius 2 is 2.22 bits per heavy atom. The summed E-state index contributed by atoms with van der Waals surface area (Å²) in [5, 5.41) is 6.67. The lowest BCUT2D eigenvalue weighted by atomic mass is 10.2. The van der Waals surface area contributed by atoms with Crippen molar-refractivity contribution in [2.24, 2.45) is 0 Å². The molecule has 1 fully saturated rings. The van der Waals surface area contributed by atoms with Crippen molar-refractivity contribution in [2.45, 2.75) is 19.5 Å². The summed E-state index contributed by atoms with van der Waals surface area (Å²) >= 11 is 1.69. The van der Waals surface area contributed by atoms with Gasteiger partial charge in [-0.15, -0.1) is 23.7 Å². The van der Waals surface area contributed by atoms with Crippen LogP contribution < -0.4 is 14.8 Å². The van der Waals surface area contributed by atoms with Crippen LogP contribution in [0.1, 0.15) is 12.6 Å². The van der Waals surface area contributed by atoms with Gasteiger partial charge in [0.1, 0.15) is 5.01 Å². The number of rotatable bonds is 3. The first-order valence-corrected chi connectivity index (χ1v) is 8.46.